The number of rotatable bonds is 7. The fraction of sp³-hybridized carbons (Fsp3) is 0.136. The molecule has 0 saturated carbocycles. The third-order valence-electron chi connectivity index (χ3n) is 4.10. The van der Waals surface area contributed by atoms with Crippen LogP contribution in [0.15, 0.2) is 78.9 Å². The van der Waals surface area contributed by atoms with Gasteiger partial charge in [-0.3, -0.25) is 15.2 Å². The standard InChI is InChI=1S/C22H22N2O3/c1-26-20-13-18(14-21(15-20)27-2)22(25)23-24(19-11-7-4-8-12-19)16-17-9-5-3-6-10-17/h3-15H,16H2,1-2H3,(H,23,25). The van der Waals surface area contributed by atoms with E-state index in [0.29, 0.717) is 23.6 Å². The normalized spacial score (nSPS) is 10.1. The van der Waals surface area contributed by atoms with Crippen LogP contribution >= 0.6 is 0 Å². The molecule has 0 bridgehead atoms. The van der Waals surface area contributed by atoms with Crippen LogP contribution in [0.3, 0.4) is 0 Å². The van der Waals surface area contributed by atoms with Gasteiger partial charge in [0, 0.05) is 11.6 Å². The number of methoxy groups -OCH3 is 2. The maximum atomic E-state index is 12.9. The molecule has 0 aliphatic heterocycles. The number of benzene rings is 3. The van der Waals surface area contributed by atoms with Crippen LogP contribution in [0.2, 0.25) is 0 Å². The minimum Gasteiger partial charge on any atom is -0.497 e. The zero-order valence-corrected chi connectivity index (χ0v) is 15.4. The first kappa shape index (κ1) is 18.3. The molecule has 138 valence electrons. The van der Waals surface area contributed by atoms with Gasteiger partial charge in [0.25, 0.3) is 5.91 Å². The highest BCUT2D eigenvalue weighted by Crippen LogP contribution is 2.23. The van der Waals surface area contributed by atoms with Gasteiger partial charge < -0.3 is 9.47 Å². The van der Waals surface area contributed by atoms with Gasteiger partial charge in [-0.2, -0.15) is 0 Å². The number of hydrogen-bond donors (Lipinski definition) is 1. The van der Waals surface area contributed by atoms with Gasteiger partial charge in [-0.25, -0.2) is 0 Å². The Labute approximate surface area is 159 Å². The van der Waals surface area contributed by atoms with Crippen molar-refractivity contribution in [2.45, 2.75) is 6.54 Å². The Kier molecular flexibility index (Phi) is 5.94. The minimum absolute atomic E-state index is 0.244. The number of nitrogens with zero attached hydrogens (tertiary/aromatic N) is 1. The van der Waals surface area contributed by atoms with Gasteiger partial charge in [0.15, 0.2) is 0 Å². The molecule has 5 nitrogen and oxygen atoms in total. The van der Waals surface area contributed by atoms with E-state index in [2.05, 4.69) is 5.43 Å². The Bertz CT molecular complexity index is 860. The molecular weight excluding hydrogens is 340 g/mol. The van der Waals surface area contributed by atoms with Crippen molar-refractivity contribution in [3.63, 3.8) is 0 Å². The lowest BCUT2D eigenvalue weighted by molar-refractivity contribution is 0.0947. The van der Waals surface area contributed by atoms with Gasteiger partial charge >= 0.3 is 0 Å². The topological polar surface area (TPSA) is 50.8 Å². The highest BCUT2D eigenvalue weighted by Gasteiger charge is 2.15. The van der Waals surface area contributed by atoms with Crippen molar-refractivity contribution < 1.29 is 14.3 Å². The molecule has 0 aliphatic rings. The summed E-state index contributed by atoms with van der Waals surface area (Å²) in [7, 11) is 3.12. The number of amides is 1. The fourth-order valence-electron chi connectivity index (χ4n) is 2.69. The molecule has 0 aliphatic carbocycles. The number of hydrazine groups is 1. The summed E-state index contributed by atoms with van der Waals surface area (Å²) in [5.41, 5.74) is 5.42. The highest BCUT2D eigenvalue weighted by atomic mass is 16.5. The summed E-state index contributed by atoms with van der Waals surface area (Å²) >= 11 is 0. The van der Waals surface area contributed by atoms with E-state index in [4.69, 9.17) is 9.47 Å². The molecule has 3 rings (SSSR count). The maximum absolute atomic E-state index is 12.9. The molecule has 0 saturated heterocycles. The lowest BCUT2D eigenvalue weighted by atomic mass is 10.2. The van der Waals surface area contributed by atoms with Crippen molar-refractivity contribution in [2.24, 2.45) is 0 Å². The molecule has 0 radical (unpaired) electrons. The van der Waals surface area contributed by atoms with Gasteiger partial charge in [-0.15, -0.1) is 0 Å². The van der Waals surface area contributed by atoms with E-state index in [9.17, 15) is 4.79 Å². The number of carbonyl (C=O) groups is 1. The van der Waals surface area contributed by atoms with E-state index in [0.717, 1.165) is 11.3 Å². The van der Waals surface area contributed by atoms with Crippen LogP contribution in [-0.2, 0) is 6.54 Å². The minimum atomic E-state index is -0.244. The molecule has 0 aromatic heterocycles. The largest absolute Gasteiger partial charge is 0.497 e. The second kappa shape index (κ2) is 8.76. The number of anilines is 1. The molecule has 0 heterocycles. The number of para-hydroxylation sites is 1. The first-order valence-electron chi connectivity index (χ1n) is 8.60. The lowest BCUT2D eigenvalue weighted by Gasteiger charge is -2.25. The average Bonchev–Trinajstić information content (AvgIpc) is 2.74. The smallest absolute Gasteiger partial charge is 0.270 e. The van der Waals surface area contributed by atoms with Crippen LogP contribution in [0.1, 0.15) is 15.9 Å². The predicted octanol–water partition coefficient (Wildman–Crippen LogP) is 4.06. The van der Waals surface area contributed by atoms with E-state index in [-0.39, 0.29) is 5.91 Å². The molecule has 0 spiro atoms. The summed E-state index contributed by atoms with van der Waals surface area (Å²) in [4.78, 5) is 12.9. The van der Waals surface area contributed by atoms with Crippen molar-refractivity contribution in [3.05, 3.63) is 90.0 Å². The van der Waals surface area contributed by atoms with Crippen LogP contribution in [0.5, 0.6) is 11.5 Å². The molecule has 3 aromatic carbocycles. The van der Waals surface area contributed by atoms with E-state index in [1.807, 2.05) is 65.7 Å². The maximum Gasteiger partial charge on any atom is 0.270 e. The van der Waals surface area contributed by atoms with Crippen LogP contribution < -0.4 is 19.9 Å². The second-order valence-corrected chi connectivity index (χ2v) is 5.95. The predicted molar refractivity (Wildman–Crippen MR) is 106 cm³/mol. The van der Waals surface area contributed by atoms with Crippen molar-refractivity contribution in [1.29, 1.82) is 0 Å². The SMILES string of the molecule is COc1cc(OC)cc(C(=O)NN(Cc2ccccc2)c2ccccc2)c1. The van der Waals surface area contributed by atoms with E-state index >= 15 is 0 Å². The third kappa shape index (κ3) is 4.79. The number of hydrogen-bond acceptors (Lipinski definition) is 4. The zero-order valence-electron chi connectivity index (χ0n) is 15.4. The van der Waals surface area contributed by atoms with Gasteiger partial charge in [0.05, 0.1) is 26.5 Å². The van der Waals surface area contributed by atoms with Crippen molar-refractivity contribution in [1.82, 2.24) is 5.43 Å². The number of ether oxygens (including phenoxy) is 2. The second-order valence-electron chi connectivity index (χ2n) is 5.95. The zero-order chi connectivity index (χ0) is 19.1. The molecule has 0 fully saturated rings. The summed E-state index contributed by atoms with van der Waals surface area (Å²) in [6, 6.07) is 24.8. The molecular formula is C22H22N2O3. The van der Waals surface area contributed by atoms with Crippen LogP contribution in [0.4, 0.5) is 5.69 Å². The molecule has 0 atom stereocenters. The summed E-state index contributed by atoms with van der Waals surface area (Å²) in [5.74, 6) is 0.884. The summed E-state index contributed by atoms with van der Waals surface area (Å²) in [5, 5.41) is 1.82. The Hall–Kier alpha value is -3.47. The van der Waals surface area contributed by atoms with E-state index in [1.54, 1.807) is 32.4 Å². The molecule has 5 heteroatoms. The Morgan fingerprint density at radius 2 is 1.41 bits per heavy atom. The molecule has 1 amide bonds. The van der Waals surface area contributed by atoms with E-state index < -0.39 is 0 Å². The van der Waals surface area contributed by atoms with Gasteiger partial charge in [-0.1, -0.05) is 48.5 Å². The van der Waals surface area contributed by atoms with Gasteiger partial charge in [-0.05, 0) is 29.8 Å². The van der Waals surface area contributed by atoms with Gasteiger partial charge in [0.1, 0.15) is 11.5 Å². The van der Waals surface area contributed by atoms with Crippen LogP contribution in [0.25, 0.3) is 0 Å². The molecule has 3 aromatic rings. The molecule has 1 N–H and O–H groups in total. The molecule has 27 heavy (non-hydrogen) atoms. The van der Waals surface area contributed by atoms with E-state index in [1.165, 1.54) is 0 Å². The summed E-state index contributed by atoms with van der Waals surface area (Å²) in [6.07, 6.45) is 0. The Morgan fingerprint density at radius 3 is 1.96 bits per heavy atom. The van der Waals surface area contributed by atoms with Gasteiger partial charge in [0.2, 0.25) is 0 Å². The monoisotopic (exact) mass is 362 g/mol. The number of nitrogens with one attached hydrogen (secondary N) is 1. The van der Waals surface area contributed by atoms with Crippen LogP contribution in [-0.4, -0.2) is 20.1 Å². The Morgan fingerprint density at radius 1 is 0.852 bits per heavy atom. The first-order valence-corrected chi connectivity index (χ1v) is 8.60. The highest BCUT2D eigenvalue weighted by molar-refractivity contribution is 5.96. The van der Waals surface area contributed by atoms with Crippen molar-refractivity contribution in [3.8, 4) is 11.5 Å². The quantitative estimate of drug-likeness (QED) is 0.644. The fourth-order valence-corrected chi connectivity index (χ4v) is 2.69. The van der Waals surface area contributed by atoms with Crippen molar-refractivity contribution >= 4 is 11.6 Å². The Balaban J connectivity index is 1.86. The average molecular weight is 362 g/mol. The summed E-state index contributed by atoms with van der Waals surface area (Å²) in [6.45, 7) is 0.539. The first-order chi connectivity index (χ1) is 13.2. The number of carbonyl (C=O) groups excluding carboxylic acids is 1. The lowest BCUT2D eigenvalue weighted by Crippen LogP contribution is -2.42. The molecule has 0 unspecified atom stereocenters. The van der Waals surface area contributed by atoms with Crippen molar-refractivity contribution in [2.75, 3.05) is 19.2 Å². The van der Waals surface area contributed by atoms with Crippen LogP contribution in [0, 0.1) is 0 Å². The third-order valence-corrected chi connectivity index (χ3v) is 4.10. The summed E-state index contributed by atoms with van der Waals surface area (Å²) < 4.78 is 10.5.